The zero-order chi connectivity index (χ0) is 12.8. The SMILES string of the molecule is Cl.NCC(NC(=O)Cc1cccs1)C1CCCCC1. The lowest BCUT2D eigenvalue weighted by atomic mass is 9.84. The minimum atomic E-state index is 0. The predicted octanol–water partition coefficient (Wildman–Crippen LogP) is 2.74. The van der Waals surface area contributed by atoms with Crippen molar-refractivity contribution in [3.63, 3.8) is 0 Å². The van der Waals surface area contributed by atoms with E-state index < -0.39 is 0 Å². The van der Waals surface area contributed by atoms with Gasteiger partial charge >= 0.3 is 0 Å². The number of nitrogens with two attached hydrogens (primary N) is 1. The first-order valence-electron chi connectivity index (χ1n) is 6.81. The van der Waals surface area contributed by atoms with Crippen LogP contribution in [0.2, 0.25) is 0 Å². The Hall–Kier alpha value is -0.580. The van der Waals surface area contributed by atoms with Gasteiger partial charge in [0, 0.05) is 17.5 Å². The molecular weight excluding hydrogens is 280 g/mol. The Labute approximate surface area is 125 Å². The highest BCUT2D eigenvalue weighted by Gasteiger charge is 2.23. The van der Waals surface area contributed by atoms with E-state index in [1.807, 2.05) is 17.5 Å². The van der Waals surface area contributed by atoms with Crippen LogP contribution in [-0.2, 0) is 11.2 Å². The molecule has 1 fully saturated rings. The van der Waals surface area contributed by atoms with Crippen molar-refractivity contribution in [1.29, 1.82) is 0 Å². The molecule has 1 atom stereocenters. The molecule has 0 bridgehead atoms. The van der Waals surface area contributed by atoms with Gasteiger partial charge in [0.25, 0.3) is 0 Å². The van der Waals surface area contributed by atoms with Gasteiger partial charge in [-0.2, -0.15) is 0 Å². The van der Waals surface area contributed by atoms with Crippen LogP contribution >= 0.6 is 23.7 Å². The second-order valence-electron chi connectivity index (χ2n) is 5.06. The molecule has 1 heterocycles. The number of hydrogen-bond donors (Lipinski definition) is 2. The number of amides is 1. The van der Waals surface area contributed by atoms with Crippen LogP contribution in [0.5, 0.6) is 0 Å². The van der Waals surface area contributed by atoms with Gasteiger partial charge in [-0.3, -0.25) is 4.79 Å². The highest BCUT2D eigenvalue weighted by atomic mass is 35.5. The summed E-state index contributed by atoms with van der Waals surface area (Å²) in [5.41, 5.74) is 5.81. The zero-order valence-corrected chi connectivity index (χ0v) is 12.8. The van der Waals surface area contributed by atoms with E-state index in [4.69, 9.17) is 5.73 Å². The second-order valence-corrected chi connectivity index (χ2v) is 6.10. The van der Waals surface area contributed by atoms with E-state index in [0.717, 1.165) is 4.88 Å². The fourth-order valence-corrected chi connectivity index (χ4v) is 3.44. The molecule has 0 saturated heterocycles. The topological polar surface area (TPSA) is 55.1 Å². The van der Waals surface area contributed by atoms with Crippen LogP contribution < -0.4 is 11.1 Å². The number of carbonyl (C=O) groups excluding carboxylic acids is 1. The first-order valence-corrected chi connectivity index (χ1v) is 7.69. The van der Waals surface area contributed by atoms with Gasteiger partial charge in [-0.1, -0.05) is 25.3 Å². The van der Waals surface area contributed by atoms with Gasteiger partial charge in [0.15, 0.2) is 0 Å². The third-order valence-electron chi connectivity index (χ3n) is 3.73. The Bertz CT molecular complexity index is 364. The molecule has 3 N–H and O–H groups in total. The lowest BCUT2D eigenvalue weighted by Crippen LogP contribution is -2.46. The van der Waals surface area contributed by atoms with Crippen molar-refractivity contribution in [3.05, 3.63) is 22.4 Å². The average molecular weight is 303 g/mol. The van der Waals surface area contributed by atoms with Crippen LogP contribution in [0.3, 0.4) is 0 Å². The standard InChI is InChI=1S/C14H22N2OS.ClH/c15-10-13(11-5-2-1-3-6-11)16-14(17)9-12-7-4-8-18-12;/h4,7-8,11,13H,1-3,5-6,9-10,15H2,(H,16,17);1H. The predicted molar refractivity (Wildman–Crippen MR) is 82.8 cm³/mol. The Morgan fingerprint density at radius 3 is 2.74 bits per heavy atom. The largest absolute Gasteiger partial charge is 0.352 e. The lowest BCUT2D eigenvalue weighted by Gasteiger charge is -2.30. The van der Waals surface area contributed by atoms with Gasteiger partial charge in [-0.25, -0.2) is 0 Å². The highest BCUT2D eigenvalue weighted by Crippen LogP contribution is 2.26. The zero-order valence-electron chi connectivity index (χ0n) is 11.1. The molecule has 0 aromatic carbocycles. The molecule has 1 unspecified atom stereocenters. The molecule has 5 heteroatoms. The maximum absolute atomic E-state index is 12.0. The molecule has 3 nitrogen and oxygen atoms in total. The van der Waals surface area contributed by atoms with Gasteiger partial charge in [0.05, 0.1) is 6.42 Å². The molecule has 0 radical (unpaired) electrons. The van der Waals surface area contributed by atoms with Crippen LogP contribution in [0.1, 0.15) is 37.0 Å². The van der Waals surface area contributed by atoms with E-state index in [0.29, 0.717) is 18.9 Å². The number of carbonyl (C=O) groups is 1. The van der Waals surface area contributed by atoms with E-state index in [9.17, 15) is 4.79 Å². The number of hydrogen-bond acceptors (Lipinski definition) is 3. The molecule has 1 saturated carbocycles. The summed E-state index contributed by atoms with van der Waals surface area (Å²) in [7, 11) is 0. The Morgan fingerprint density at radius 2 is 2.16 bits per heavy atom. The fourth-order valence-electron chi connectivity index (χ4n) is 2.73. The molecule has 2 rings (SSSR count). The van der Waals surface area contributed by atoms with Gasteiger partial charge in [-0.05, 0) is 30.2 Å². The van der Waals surface area contributed by atoms with E-state index in [1.54, 1.807) is 11.3 Å². The maximum Gasteiger partial charge on any atom is 0.225 e. The van der Waals surface area contributed by atoms with E-state index in [1.165, 1.54) is 32.1 Å². The number of thiophene rings is 1. The summed E-state index contributed by atoms with van der Waals surface area (Å²) < 4.78 is 0. The van der Waals surface area contributed by atoms with Crippen molar-refractivity contribution in [2.75, 3.05) is 6.54 Å². The summed E-state index contributed by atoms with van der Waals surface area (Å²) >= 11 is 1.63. The van der Waals surface area contributed by atoms with Gasteiger partial charge in [0.2, 0.25) is 5.91 Å². The van der Waals surface area contributed by atoms with Crippen LogP contribution in [0.4, 0.5) is 0 Å². The number of nitrogens with one attached hydrogen (secondary N) is 1. The quantitative estimate of drug-likeness (QED) is 0.879. The van der Waals surface area contributed by atoms with Crippen molar-refractivity contribution in [1.82, 2.24) is 5.32 Å². The normalized spacial score (nSPS) is 17.5. The number of rotatable bonds is 5. The van der Waals surface area contributed by atoms with Gasteiger partial charge in [0.1, 0.15) is 0 Å². The summed E-state index contributed by atoms with van der Waals surface area (Å²) in [5.74, 6) is 0.689. The minimum absolute atomic E-state index is 0. The second kappa shape index (κ2) is 8.56. The molecule has 108 valence electrons. The summed E-state index contributed by atoms with van der Waals surface area (Å²) in [6, 6.07) is 4.15. The molecule has 1 aliphatic carbocycles. The molecular formula is C14H23ClN2OS. The van der Waals surface area contributed by atoms with Crippen LogP contribution in [0.25, 0.3) is 0 Å². The third-order valence-corrected chi connectivity index (χ3v) is 4.61. The third kappa shape index (κ3) is 5.13. The maximum atomic E-state index is 12.0. The minimum Gasteiger partial charge on any atom is -0.352 e. The monoisotopic (exact) mass is 302 g/mol. The first kappa shape index (κ1) is 16.5. The highest BCUT2D eigenvalue weighted by molar-refractivity contribution is 7.10. The van der Waals surface area contributed by atoms with Crippen LogP contribution in [-0.4, -0.2) is 18.5 Å². The van der Waals surface area contributed by atoms with Crippen molar-refractivity contribution in [2.45, 2.75) is 44.6 Å². The number of halogens is 1. The average Bonchev–Trinajstić information content (AvgIpc) is 2.90. The first-order chi connectivity index (χ1) is 8.79. The molecule has 1 aromatic rings. The summed E-state index contributed by atoms with van der Waals surface area (Å²) in [6.07, 6.45) is 6.80. The Balaban J connectivity index is 0.00000180. The van der Waals surface area contributed by atoms with Gasteiger partial charge in [-0.15, -0.1) is 23.7 Å². The molecule has 0 spiro atoms. The van der Waals surface area contributed by atoms with Crippen molar-refractivity contribution >= 4 is 29.7 Å². The van der Waals surface area contributed by atoms with Crippen molar-refractivity contribution < 1.29 is 4.79 Å². The molecule has 19 heavy (non-hydrogen) atoms. The molecule has 0 aliphatic heterocycles. The van der Waals surface area contributed by atoms with E-state index in [2.05, 4.69) is 5.32 Å². The van der Waals surface area contributed by atoms with Crippen molar-refractivity contribution in [2.24, 2.45) is 11.7 Å². The fraction of sp³-hybridized carbons (Fsp3) is 0.643. The molecule has 1 aliphatic rings. The smallest absolute Gasteiger partial charge is 0.225 e. The summed E-state index contributed by atoms with van der Waals surface area (Å²) in [5, 5.41) is 5.12. The van der Waals surface area contributed by atoms with Crippen LogP contribution in [0.15, 0.2) is 17.5 Å². The summed E-state index contributed by atoms with van der Waals surface area (Å²) in [4.78, 5) is 13.1. The van der Waals surface area contributed by atoms with E-state index >= 15 is 0 Å². The van der Waals surface area contributed by atoms with Crippen LogP contribution in [0, 0.1) is 5.92 Å². The molecule has 1 amide bonds. The lowest BCUT2D eigenvalue weighted by molar-refractivity contribution is -0.121. The van der Waals surface area contributed by atoms with E-state index in [-0.39, 0.29) is 24.4 Å². The Morgan fingerprint density at radius 1 is 1.42 bits per heavy atom. The Kier molecular flexibility index (Phi) is 7.42. The van der Waals surface area contributed by atoms with Gasteiger partial charge < -0.3 is 11.1 Å². The van der Waals surface area contributed by atoms with Crippen molar-refractivity contribution in [3.8, 4) is 0 Å². The summed E-state index contributed by atoms with van der Waals surface area (Å²) in [6.45, 7) is 0.556. The molecule has 1 aromatic heterocycles.